The van der Waals surface area contributed by atoms with Crippen molar-refractivity contribution in [1.82, 2.24) is 10.2 Å². The lowest BCUT2D eigenvalue weighted by Gasteiger charge is -2.36. The Bertz CT molecular complexity index is 691. The number of nitrogens with zero attached hydrogens (tertiary/aromatic N) is 1. The van der Waals surface area contributed by atoms with Crippen LogP contribution in [-0.2, 0) is 0 Å². The summed E-state index contributed by atoms with van der Waals surface area (Å²) in [5.41, 5.74) is 0.516. The molecule has 1 aromatic carbocycles. The van der Waals surface area contributed by atoms with Crippen LogP contribution < -0.4 is 10.1 Å². The van der Waals surface area contributed by atoms with E-state index < -0.39 is 0 Å². The van der Waals surface area contributed by atoms with Crippen LogP contribution in [0.25, 0.3) is 0 Å². The third kappa shape index (κ3) is 5.44. The molecule has 3 fully saturated rings. The molecule has 0 aromatic heterocycles. The molecule has 6 heteroatoms. The smallest absolute Gasteiger partial charge is 0.255 e. The average Bonchev–Trinajstić information content (AvgIpc) is 3.26. The molecule has 1 aromatic rings. The predicted octanol–water partition coefficient (Wildman–Crippen LogP) is 4.16. The van der Waals surface area contributed by atoms with Gasteiger partial charge in [0.25, 0.3) is 5.91 Å². The van der Waals surface area contributed by atoms with Gasteiger partial charge in [-0.05, 0) is 69.6 Å². The van der Waals surface area contributed by atoms with Crippen LogP contribution >= 0.6 is 11.6 Å². The maximum atomic E-state index is 12.9. The summed E-state index contributed by atoms with van der Waals surface area (Å²) in [5, 5.41) is 13.3. The molecular weight excluding hydrogens is 388 g/mol. The highest BCUT2D eigenvalue weighted by molar-refractivity contribution is 6.31. The number of likely N-dealkylation sites (tertiary alicyclic amines) is 1. The summed E-state index contributed by atoms with van der Waals surface area (Å²) >= 11 is 6.18. The molecule has 2 N–H and O–H groups in total. The molecule has 1 heterocycles. The molecule has 4 rings (SSSR count). The molecule has 0 spiro atoms. The van der Waals surface area contributed by atoms with Gasteiger partial charge >= 0.3 is 0 Å². The molecule has 0 radical (unpaired) electrons. The van der Waals surface area contributed by atoms with E-state index in [2.05, 4.69) is 10.2 Å². The van der Waals surface area contributed by atoms with Gasteiger partial charge < -0.3 is 20.1 Å². The highest BCUT2D eigenvalue weighted by Gasteiger charge is 2.29. The van der Waals surface area contributed by atoms with Gasteiger partial charge in [-0.1, -0.05) is 24.4 Å². The Morgan fingerprint density at radius 2 is 1.72 bits per heavy atom. The number of benzene rings is 1. The van der Waals surface area contributed by atoms with E-state index in [0.717, 1.165) is 57.7 Å². The zero-order chi connectivity index (χ0) is 20.2. The molecule has 29 heavy (non-hydrogen) atoms. The predicted molar refractivity (Wildman–Crippen MR) is 115 cm³/mol. The van der Waals surface area contributed by atoms with Gasteiger partial charge in [-0.3, -0.25) is 4.79 Å². The van der Waals surface area contributed by atoms with Crippen molar-refractivity contribution in [3.63, 3.8) is 0 Å². The molecule has 0 atom stereocenters. The van der Waals surface area contributed by atoms with Crippen molar-refractivity contribution in [1.29, 1.82) is 0 Å². The number of aliphatic hydroxyl groups is 1. The molecule has 0 bridgehead atoms. The van der Waals surface area contributed by atoms with Crippen molar-refractivity contribution in [2.45, 2.75) is 88.5 Å². The van der Waals surface area contributed by atoms with Crippen LogP contribution in [0.1, 0.15) is 74.6 Å². The first-order valence-corrected chi connectivity index (χ1v) is 11.7. The summed E-state index contributed by atoms with van der Waals surface area (Å²) in [7, 11) is 0. The summed E-state index contributed by atoms with van der Waals surface area (Å²) < 4.78 is 6.29. The summed E-state index contributed by atoms with van der Waals surface area (Å²) in [6, 6.07) is 6.19. The number of piperidine rings is 1. The Morgan fingerprint density at radius 1 is 1.03 bits per heavy atom. The molecule has 3 aliphatic rings. The van der Waals surface area contributed by atoms with Crippen LogP contribution in [0.3, 0.4) is 0 Å². The molecule has 0 unspecified atom stereocenters. The number of carbonyl (C=O) groups excluding carboxylic acids is 1. The van der Waals surface area contributed by atoms with Crippen LogP contribution in [0, 0.1) is 0 Å². The van der Waals surface area contributed by atoms with Gasteiger partial charge in [-0.15, -0.1) is 0 Å². The standard InChI is InChI=1S/C23H33ClN2O3/c24-16-5-10-22(21(15-16)23(28)25-17-6-8-19(27)9-7-17)29-20-11-13-26(14-12-20)18-3-1-2-4-18/h5,10,15,17-20,27H,1-4,6-9,11-14H2,(H,25,28). The van der Waals surface area contributed by atoms with Gasteiger partial charge in [-0.2, -0.15) is 0 Å². The lowest BCUT2D eigenvalue weighted by atomic mass is 9.93. The number of halogens is 1. The zero-order valence-corrected chi connectivity index (χ0v) is 17.9. The summed E-state index contributed by atoms with van der Waals surface area (Å²) in [6.07, 6.45) is 10.4. The maximum absolute atomic E-state index is 12.9. The zero-order valence-electron chi connectivity index (χ0n) is 17.1. The molecular formula is C23H33ClN2O3. The lowest BCUT2D eigenvalue weighted by molar-refractivity contribution is 0.0741. The van der Waals surface area contributed by atoms with E-state index in [-0.39, 0.29) is 24.2 Å². The third-order valence-corrected chi connectivity index (χ3v) is 7.06. The number of carbonyl (C=O) groups is 1. The fourth-order valence-corrected chi connectivity index (χ4v) is 5.25. The van der Waals surface area contributed by atoms with Crippen molar-refractivity contribution in [2.75, 3.05) is 13.1 Å². The summed E-state index contributed by atoms with van der Waals surface area (Å²) in [4.78, 5) is 15.5. The SMILES string of the molecule is O=C(NC1CCC(O)CC1)c1cc(Cl)ccc1OC1CCN(C2CCCC2)CC1. The molecule has 2 saturated carbocycles. The van der Waals surface area contributed by atoms with E-state index in [1.165, 1.54) is 25.7 Å². The molecule has 5 nitrogen and oxygen atoms in total. The van der Waals surface area contributed by atoms with E-state index in [1.54, 1.807) is 12.1 Å². The van der Waals surface area contributed by atoms with Crippen LogP contribution in [0.2, 0.25) is 5.02 Å². The minimum atomic E-state index is -0.233. The number of aliphatic hydroxyl groups excluding tert-OH is 1. The van der Waals surface area contributed by atoms with E-state index in [0.29, 0.717) is 16.3 Å². The van der Waals surface area contributed by atoms with Crippen LogP contribution in [0.4, 0.5) is 0 Å². The number of amides is 1. The fraction of sp³-hybridized carbons (Fsp3) is 0.696. The van der Waals surface area contributed by atoms with Gasteiger partial charge in [0.15, 0.2) is 0 Å². The van der Waals surface area contributed by atoms with Gasteiger partial charge in [-0.25, -0.2) is 0 Å². The highest BCUT2D eigenvalue weighted by Crippen LogP contribution is 2.30. The number of rotatable bonds is 5. The monoisotopic (exact) mass is 420 g/mol. The number of nitrogens with one attached hydrogen (secondary N) is 1. The average molecular weight is 421 g/mol. The Labute approximate surface area is 178 Å². The second-order valence-corrected chi connectivity index (χ2v) is 9.35. The Hall–Kier alpha value is -1.30. The minimum Gasteiger partial charge on any atom is -0.489 e. The summed E-state index contributed by atoms with van der Waals surface area (Å²) in [6.45, 7) is 2.16. The second kappa shape index (κ2) is 9.67. The molecule has 1 saturated heterocycles. The lowest BCUT2D eigenvalue weighted by Crippen LogP contribution is -2.43. The van der Waals surface area contributed by atoms with Crippen molar-refractivity contribution in [2.24, 2.45) is 0 Å². The largest absolute Gasteiger partial charge is 0.489 e. The van der Waals surface area contributed by atoms with E-state index in [9.17, 15) is 9.90 Å². The van der Waals surface area contributed by atoms with Gasteiger partial charge in [0.1, 0.15) is 11.9 Å². The number of ether oxygens (including phenoxy) is 1. The van der Waals surface area contributed by atoms with Crippen molar-refractivity contribution < 1.29 is 14.6 Å². The third-order valence-electron chi connectivity index (χ3n) is 6.83. The molecule has 1 amide bonds. The van der Waals surface area contributed by atoms with Crippen molar-refractivity contribution >= 4 is 17.5 Å². The quantitative estimate of drug-likeness (QED) is 0.750. The number of hydrogen-bond acceptors (Lipinski definition) is 4. The Balaban J connectivity index is 1.36. The Morgan fingerprint density at radius 3 is 2.41 bits per heavy atom. The minimum absolute atomic E-state index is 0.104. The highest BCUT2D eigenvalue weighted by atomic mass is 35.5. The molecule has 2 aliphatic carbocycles. The van der Waals surface area contributed by atoms with E-state index in [1.807, 2.05) is 6.07 Å². The van der Waals surface area contributed by atoms with Crippen LogP contribution in [0.5, 0.6) is 5.75 Å². The fourth-order valence-electron chi connectivity index (χ4n) is 5.07. The van der Waals surface area contributed by atoms with E-state index >= 15 is 0 Å². The van der Waals surface area contributed by atoms with Gasteiger partial charge in [0, 0.05) is 30.2 Å². The molecule has 1 aliphatic heterocycles. The Kier molecular flexibility index (Phi) is 6.99. The van der Waals surface area contributed by atoms with Gasteiger partial charge in [0.05, 0.1) is 11.7 Å². The topological polar surface area (TPSA) is 61.8 Å². The maximum Gasteiger partial charge on any atom is 0.255 e. The normalized spacial score (nSPS) is 27.1. The van der Waals surface area contributed by atoms with Crippen molar-refractivity contribution in [3.05, 3.63) is 28.8 Å². The second-order valence-electron chi connectivity index (χ2n) is 8.91. The molecule has 160 valence electrons. The van der Waals surface area contributed by atoms with Crippen LogP contribution in [-0.4, -0.2) is 53.3 Å². The van der Waals surface area contributed by atoms with Crippen molar-refractivity contribution in [3.8, 4) is 5.75 Å². The van der Waals surface area contributed by atoms with E-state index in [4.69, 9.17) is 16.3 Å². The summed E-state index contributed by atoms with van der Waals surface area (Å²) in [5.74, 6) is 0.495. The first-order valence-electron chi connectivity index (χ1n) is 11.3. The van der Waals surface area contributed by atoms with Gasteiger partial charge in [0.2, 0.25) is 0 Å². The number of hydrogen-bond donors (Lipinski definition) is 2. The van der Waals surface area contributed by atoms with Crippen LogP contribution in [0.15, 0.2) is 18.2 Å². The first kappa shape index (κ1) is 21.0. The first-order chi connectivity index (χ1) is 14.1.